The molecule has 1 aromatic rings. The fraction of sp³-hybridized carbons (Fsp3) is 0.538. The number of anilines is 2. The Labute approximate surface area is 111 Å². The van der Waals surface area contributed by atoms with Crippen LogP contribution in [-0.2, 0) is 6.18 Å². The Morgan fingerprint density at radius 2 is 1.95 bits per heavy atom. The van der Waals surface area contributed by atoms with E-state index in [-0.39, 0.29) is 5.69 Å². The van der Waals surface area contributed by atoms with Gasteiger partial charge in [0.1, 0.15) is 0 Å². The van der Waals surface area contributed by atoms with E-state index in [0.717, 1.165) is 12.6 Å². The van der Waals surface area contributed by atoms with Gasteiger partial charge in [-0.25, -0.2) is 0 Å². The van der Waals surface area contributed by atoms with Crippen LogP contribution in [0.2, 0.25) is 0 Å². The van der Waals surface area contributed by atoms with Crippen LogP contribution in [0.3, 0.4) is 0 Å². The van der Waals surface area contributed by atoms with Gasteiger partial charge in [-0.2, -0.15) is 13.2 Å². The van der Waals surface area contributed by atoms with Crippen molar-refractivity contribution in [1.82, 2.24) is 4.90 Å². The first kappa shape index (κ1) is 15.6. The average Bonchev–Trinajstić information content (AvgIpc) is 2.29. The molecule has 0 fully saturated rings. The molecule has 1 rings (SSSR count). The number of alkyl halides is 3. The lowest BCUT2D eigenvalue weighted by Crippen LogP contribution is -2.31. The van der Waals surface area contributed by atoms with E-state index >= 15 is 0 Å². The molecule has 0 amide bonds. The van der Waals surface area contributed by atoms with Crippen LogP contribution in [0.5, 0.6) is 0 Å². The van der Waals surface area contributed by atoms with E-state index in [1.807, 2.05) is 7.05 Å². The van der Waals surface area contributed by atoms with Crippen molar-refractivity contribution < 1.29 is 13.2 Å². The number of nitrogens with zero attached hydrogens (tertiary/aromatic N) is 1. The minimum atomic E-state index is -4.42. The number of nitrogens with one attached hydrogen (secondary N) is 1. The maximum atomic E-state index is 12.7. The summed E-state index contributed by atoms with van der Waals surface area (Å²) in [6.45, 7) is 5.45. The van der Waals surface area contributed by atoms with Crippen molar-refractivity contribution in [1.29, 1.82) is 0 Å². The molecule has 0 aliphatic heterocycles. The summed E-state index contributed by atoms with van der Waals surface area (Å²) in [6, 6.07) is 4.28. The second-order valence-corrected chi connectivity index (χ2v) is 4.80. The van der Waals surface area contributed by atoms with Gasteiger partial charge in [-0.1, -0.05) is 0 Å². The van der Waals surface area contributed by atoms with E-state index in [1.54, 1.807) is 6.07 Å². The zero-order valence-corrected chi connectivity index (χ0v) is 11.4. The van der Waals surface area contributed by atoms with E-state index in [0.29, 0.717) is 18.3 Å². The Bertz CT molecular complexity index is 416. The van der Waals surface area contributed by atoms with Gasteiger partial charge in [-0.05, 0) is 39.1 Å². The summed E-state index contributed by atoms with van der Waals surface area (Å²) in [5, 5.41) is 2.97. The highest BCUT2D eigenvalue weighted by atomic mass is 19.4. The summed E-state index contributed by atoms with van der Waals surface area (Å²) in [5.41, 5.74) is 4.72. The Balaban J connectivity index is 2.66. The van der Waals surface area contributed by atoms with Crippen LogP contribution in [0.1, 0.15) is 19.4 Å². The van der Waals surface area contributed by atoms with Gasteiger partial charge in [0.25, 0.3) is 0 Å². The molecule has 1 aromatic carbocycles. The highest BCUT2D eigenvalue weighted by Crippen LogP contribution is 2.35. The first-order valence-electron chi connectivity index (χ1n) is 6.12. The van der Waals surface area contributed by atoms with Crippen molar-refractivity contribution in [2.24, 2.45) is 0 Å². The van der Waals surface area contributed by atoms with Crippen LogP contribution in [0.4, 0.5) is 24.5 Å². The smallest absolute Gasteiger partial charge is 0.398 e. The first-order valence-corrected chi connectivity index (χ1v) is 6.12. The van der Waals surface area contributed by atoms with Crippen molar-refractivity contribution in [3.8, 4) is 0 Å². The standard InChI is InChI=1S/C13H20F3N3/c1-9(2)19(3)7-6-18-10-4-5-12(17)11(8-10)13(14,15)16/h4-5,8-9,18H,6-7,17H2,1-3H3. The topological polar surface area (TPSA) is 41.3 Å². The van der Waals surface area contributed by atoms with Crippen molar-refractivity contribution in [2.45, 2.75) is 26.1 Å². The molecule has 0 bridgehead atoms. The molecule has 0 radical (unpaired) electrons. The third kappa shape index (κ3) is 4.63. The molecule has 108 valence electrons. The zero-order chi connectivity index (χ0) is 14.6. The summed E-state index contributed by atoms with van der Waals surface area (Å²) in [7, 11) is 1.97. The summed E-state index contributed by atoms with van der Waals surface area (Å²) >= 11 is 0. The van der Waals surface area contributed by atoms with Crippen LogP contribution in [0.25, 0.3) is 0 Å². The number of halogens is 3. The normalized spacial score (nSPS) is 12.2. The molecular formula is C13H20F3N3. The minimum Gasteiger partial charge on any atom is -0.398 e. The minimum absolute atomic E-state index is 0.252. The van der Waals surface area contributed by atoms with E-state index in [9.17, 15) is 13.2 Å². The zero-order valence-electron chi connectivity index (χ0n) is 11.4. The largest absolute Gasteiger partial charge is 0.418 e. The van der Waals surface area contributed by atoms with Crippen LogP contribution >= 0.6 is 0 Å². The number of rotatable bonds is 5. The molecule has 0 saturated heterocycles. The third-order valence-corrected chi connectivity index (χ3v) is 3.03. The molecule has 0 aliphatic rings. The molecule has 3 N–H and O–H groups in total. The lowest BCUT2D eigenvalue weighted by atomic mass is 10.1. The van der Waals surface area contributed by atoms with Crippen LogP contribution < -0.4 is 11.1 Å². The molecule has 0 spiro atoms. The lowest BCUT2D eigenvalue weighted by molar-refractivity contribution is -0.136. The molecule has 3 nitrogen and oxygen atoms in total. The number of hydrogen-bond acceptors (Lipinski definition) is 3. The Hall–Kier alpha value is -1.43. The molecular weight excluding hydrogens is 255 g/mol. The predicted octanol–water partition coefficient (Wildman–Crippen LogP) is 3.04. The van der Waals surface area contributed by atoms with Gasteiger partial charge in [0.2, 0.25) is 0 Å². The van der Waals surface area contributed by atoms with Crippen LogP contribution in [0.15, 0.2) is 18.2 Å². The van der Waals surface area contributed by atoms with E-state index in [4.69, 9.17) is 5.73 Å². The molecule has 0 saturated carbocycles. The van der Waals surface area contributed by atoms with Crippen LogP contribution in [0, 0.1) is 0 Å². The Kier molecular flexibility index (Phi) is 5.05. The van der Waals surface area contributed by atoms with E-state index in [1.165, 1.54) is 6.07 Å². The summed E-state index contributed by atoms with van der Waals surface area (Å²) < 4.78 is 38.0. The molecule has 6 heteroatoms. The lowest BCUT2D eigenvalue weighted by Gasteiger charge is -2.21. The van der Waals surface area contributed by atoms with Crippen molar-refractivity contribution in [2.75, 3.05) is 31.2 Å². The molecule has 0 aromatic heterocycles. The van der Waals surface area contributed by atoms with Gasteiger partial charge in [-0.15, -0.1) is 0 Å². The SMILES string of the molecule is CC(C)N(C)CCNc1ccc(N)c(C(F)(F)F)c1. The molecule has 0 unspecified atom stereocenters. The third-order valence-electron chi connectivity index (χ3n) is 3.03. The fourth-order valence-electron chi connectivity index (χ4n) is 1.55. The van der Waals surface area contributed by atoms with Gasteiger partial charge in [0.05, 0.1) is 5.56 Å². The maximum absolute atomic E-state index is 12.7. The van der Waals surface area contributed by atoms with Gasteiger partial charge < -0.3 is 16.0 Å². The highest BCUT2D eigenvalue weighted by molar-refractivity contribution is 5.58. The number of benzene rings is 1. The number of nitrogen functional groups attached to an aromatic ring is 1. The number of nitrogens with two attached hydrogens (primary N) is 1. The molecule has 19 heavy (non-hydrogen) atoms. The quantitative estimate of drug-likeness (QED) is 0.812. The molecule has 0 atom stereocenters. The first-order chi connectivity index (χ1) is 8.71. The molecule has 0 heterocycles. The second kappa shape index (κ2) is 6.14. The number of hydrogen-bond donors (Lipinski definition) is 2. The highest BCUT2D eigenvalue weighted by Gasteiger charge is 2.33. The average molecular weight is 275 g/mol. The predicted molar refractivity (Wildman–Crippen MR) is 72.1 cm³/mol. The Morgan fingerprint density at radius 1 is 1.32 bits per heavy atom. The van der Waals surface area contributed by atoms with E-state index in [2.05, 4.69) is 24.1 Å². The summed E-state index contributed by atoms with van der Waals surface area (Å²) in [5.74, 6) is 0. The summed E-state index contributed by atoms with van der Waals surface area (Å²) in [6.07, 6.45) is -4.42. The monoisotopic (exact) mass is 275 g/mol. The summed E-state index contributed by atoms with van der Waals surface area (Å²) in [4.78, 5) is 2.11. The van der Waals surface area contributed by atoms with Crippen LogP contribution in [-0.4, -0.2) is 31.1 Å². The van der Waals surface area contributed by atoms with Gasteiger partial charge in [0.15, 0.2) is 0 Å². The van der Waals surface area contributed by atoms with Gasteiger partial charge >= 0.3 is 6.18 Å². The number of likely N-dealkylation sites (N-methyl/N-ethyl adjacent to an activating group) is 1. The van der Waals surface area contributed by atoms with Crippen molar-refractivity contribution in [3.05, 3.63) is 23.8 Å². The Morgan fingerprint density at radius 3 is 2.47 bits per heavy atom. The maximum Gasteiger partial charge on any atom is 0.418 e. The van der Waals surface area contributed by atoms with Gasteiger partial charge in [0, 0.05) is 30.5 Å². The van der Waals surface area contributed by atoms with Crippen molar-refractivity contribution >= 4 is 11.4 Å². The van der Waals surface area contributed by atoms with Crippen molar-refractivity contribution in [3.63, 3.8) is 0 Å². The molecule has 0 aliphatic carbocycles. The second-order valence-electron chi connectivity index (χ2n) is 4.80. The van der Waals surface area contributed by atoms with Gasteiger partial charge in [-0.3, -0.25) is 0 Å². The fourth-order valence-corrected chi connectivity index (χ4v) is 1.55. The van der Waals surface area contributed by atoms with E-state index < -0.39 is 11.7 Å².